The Kier molecular flexibility index (Phi) is 8.11. The second-order valence-electron chi connectivity index (χ2n) is 9.61. The van der Waals surface area contributed by atoms with Crippen molar-refractivity contribution >= 4 is 11.7 Å². The van der Waals surface area contributed by atoms with Crippen molar-refractivity contribution in [3.8, 4) is 16.9 Å². The van der Waals surface area contributed by atoms with Crippen molar-refractivity contribution in [1.82, 2.24) is 20.2 Å². The number of hydrogen-bond donors (Lipinski definition) is 3. The van der Waals surface area contributed by atoms with E-state index in [0.29, 0.717) is 53.3 Å². The summed E-state index contributed by atoms with van der Waals surface area (Å²) >= 11 is 0. The molecular weight excluding hydrogens is 492 g/mol. The molecule has 10 heteroatoms. The molecule has 4 rings (SSSR count). The largest absolute Gasteiger partial charge is 0.493 e. The van der Waals surface area contributed by atoms with Gasteiger partial charge in [-0.3, -0.25) is 4.79 Å². The van der Waals surface area contributed by atoms with Crippen molar-refractivity contribution in [1.29, 1.82) is 0 Å². The van der Waals surface area contributed by atoms with E-state index in [1.54, 1.807) is 57.2 Å². The van der Waals surface area contributed by atoms with E-state index in [4.69, 9.17) is 4.74 Å². The molecule has 38 heavy (non-hydrogen) atoms. The number of rotatable bonds is 10. The maximum Gasteiger partial charge on any atom is 0.294 e. The summed E-state index contributed by atoms with van der Waals surface area (Å²) < 4.78 is 34.3. The summed E-state index contributed by atoms with van der Waals surface area (Å²) in [5.41, 5.74) is 1.28. The Hall–Kier alpha value is -4.18. The van der Waals surface area contributed by atoms with Gasteiger partial charge in [0.25, 0.3) is 5.91 Å². The number of pyridine rings is 1. The van der Waals surface area contributed by atoms with Crippen LogP contribution in [-0.2, 0) is 6.42 Å². The van der Waals surface area contributed by atoms with Gasteiger partial charge in [0.05, 0.1) is 12.2 Å². The average Bonchev–Trinajstić information content (AvgIpc) is 3.34. The number of anilines is 1. The number of benzene rings is 2. The highest BCUT2D eigenvalue weighted by Crippen LogP contribution is 2.31. The zero-order valence-corrected chi connectivity index (χ0v) is 21.4. The number of amides is 1. The fraction of sp³-hybridized carbons (Fsp3) is 0.286. The van der Waals surface area contributed by atoms with Crippen LogP contribution >= 0.6 is 0 Å². The summed E-state index contributed by atoms with van der Waals surface area (Å²) in [6.07, 6.45) is 2.83. The van der Waals surface area contributed by atoms with E-state index in [2.05, 4.69) is 25.5 Å². The monoisotopic (exact) mass is 521 g/mol. The first-order chi connectivity index (χ1) is 18.1. The molecule has 198 valence electrons. The molecule has 0 saturated carbocycles. The summed E-state index contributed by atoms with van der Waals surface area (Å²) in [5.74, 6) is -0.479. The van der Waals surface area contributed by atoms with Gasteiger partial charge in [0.15, 0.2) is 0 Å². The molecule has 0 fully saturated rings. The normalized spacial score (nSPS) is 11.4. The molecular formula is C28H29F2N5O3. The number of nitrogens with zero attached hydrogens (tertiary/aromatic N) is 3. The van der Waals surface area contributed by atoms with Crippen LogP contribution in [-0.4, -0.2) is 43.4 Å². The lowest BCUT2D eigenvalue weighted by atomic mass is 10.0. The first-order valence-electron chi connectivity index (χ1n) is 12.2. The number of carbonyl (C=O) groups is 1. The van der Waals surface area contributed by atoms with E-state index in [0.717, 1.165) is 0 Å². The first kappa shape index (κ1) is 26.9. The van der Waals surface area contributed by atoms with Crippen molar-refractivity contribution in [3.05, 3.63) is 89.1 Å². The van der Waals surface area contributed by atoms with Crippen molar-refractivity contribution in [3.63, 3.8) is 0 Å². The Labute approximate surface area is 219 Å². The molecule has 0 aliphatic heterocycles. The Balaban J connectivity index is 1.46. The molecule has 2 heterocycles. The van der Waals surface area contributed by atoms with Crippen LogP contribution in [0.15, 0.2) is 54.7 Å². The van der Waals surface area contributed by atoms with Gasteiger partial charge >= 0.3 is 0 Å². The topological polar surface area (TPSA) is 113 Å². The number of aromatic amines is 1. The fourth-order valence-corrected chi connectivity index (χ4v) is 3.87. The summed E-state index contributed by atoms with van der Waals surface area (Å²) in [7, 11) is 0. The molecule has 0 unspecified atom stereocenters. The first-order valence-corrected chi connectivity index (χ1v) is 12.2. The zero-order valence-electron chi connectivity index (χ0n) is 21.4. The highest BCUT2D eigenvalue weighted by molar-refractivity contribution is 6.01. The summed E-state index contributed by atoms with van der Waals surface area (Å²) in [5, 5.41) is 20.3. The number of nitrogens with one attached hydrogen (secondary N) is 2. The fourth-order valence-electron chi connectivity index (χ4n) is 3.87. The predicted octanol–water partition coefficient (Wildman–Crippen LogP) is 5.23. The SMILES string of the molecule is Cc1c(F)cc(OCCCC(C)(C)O)cc1-c1ccnc(NC(=O)c2nnc(Cc3ccccc3F)[nH]2)c1. The van der Waals surface area contributed by atoms with E-state index in [9.17, 15) is 18.7 Å². The Morgan fingerprint density at radius 2 is 1.89 bits per heavy atom. The predicted molar refractivity (Wildman–Crippen MR) is 139 cm³/mol. The minimum Gasteiger partial charge on any atom is -0.493 e. The lowest BCUT2D eigenvalue weighted by molar-refractivity contribution is 0.0641. The molecule has 1 amide bonds. The minimum absolute atomic E-state index is 0.0489. The van der Waals surface area contributed by atoms with Crippen LogP contribution in [0.2, 0.25) is 0 Å². The van der Waals surface area contributed by atoms with Crippen molar-refractivity contribution in [2.45, 2.75) is 45.6 Å². The third kappa shape index (κ3) is 6.98. The van der Waals surface area contributed by atoms with Gasteiger partial charge in [0.1, 0.15) is 29.0 Å². The Morgan fingerprint density at radius 1 is 1.11 bits per heavy atom. The van der Waals surface area contributed by atoms with Gasteiger partial charge in [-0.1, -0.05) is 18.2 Å². The molecule has 2 aromatic heterocycles. The zero-order chi connectivity index (χ0) is 27.3. The Bertz CT molecular complexity index is 1430. The number of aliphatic hydroxyl groups is 1. The number of aromatic nitrogens is 4. The van der Waals surface area contributed by atoms with Crippen molar-refractivity contribution in [2.75, 3.05) is 11.9 Å². The smallest absolute Gasteiger partial charge is 0.294 e. The quantitative estimate of drug-likeness (QED) is 0.247. The van der Waals surface area contributed by atoms with Crippen LogP contribution in [0.3, 0.4) is 0 Å². The molecule has 8 nitrogen and oxygen atoms in total. The van der Waals surface area contributed by atoms with Gasteiger partial charge in [0, 0.05) is 18.7 Å². The van der Waals surface area contributed by atoms with Crippen LogP contribution < -0.4 is 10.1 Å². The van der Waals surface area contributed by atoms with Gasteiger partial charge in [0.2, 0.25) is 5.82 Å². The van der Waals surface area contributed by atoms with E-state index in [-0.39, 0.29) is 23.9 Å². The molecule has 0 spiro atoms. The highest BCUT2D eigenvalue weighted by Gasteiger charge is 2.16. The molecule has 2 aromatic carbocycles. The van der Waals surface area contributed by atoms with Crippen molar-refractivity contribution in [2.24, 2.45) is 0 Å². The van der Waals surface area contributed by atoms with Crippen LogP contribution in [0, 0.1) is 18.6 Å². The average molecular weight is 522 g/mol. The highest BCUT2D eigenvalue weighted by atomic mass is 19.1. The van der Waals surface area contributed by atoms with Gasteiger partial charge < -0.3 is 20.1 Å². The molecule has 0 saturated heterocycles. The molecule has 0 atom stereocenters. The maximum atomic E-state index is 14.7. The maximum absolute atomic E-state index is 14.7. The molecule has 0 bridgehead atoms. The summed E-state index contributed by atoms with van der Waals surface area (Å²) in [6, 6.07) is 12.7. The second-order valence-corrected chi connectivity index (χ2v) is 9.61. The third-order valence-electron chi connectivity index (χ3n) is 5.90. The number of carbonyl (C=O) groups excluding carboxylic acids is 1. The minimum atomic E-state index is -0.794. The molecule has 0 radical (unpaired) electrons. The lowest BCUT2D eigenvalue weighted by Gasteiger charge is -2.17. The van der Waals surface area contributed by atoms with Crippen LogP contribution in [0.5, 0.6) is 5.75 Å². The molecule has 0 aliphatic rings. The van der Waals surface area contributed by atoms with Gasteiger partial charge in [-0.25, -0.2) is 13.8 Å². The van der Waals surface area contributed by atoms with E-state index in [1.807, 2.05) is 0 Å². The number of H-pyrrole nitrogens is 1. The standard InChI is InChI=1S/C28H29F2N5O3/c1-17-21(15-20(16-23(17)30)38-12-6-10-28(2,3)37)18-9-11-31-24(13-18)33-27(36)26-32-25(34-35-26)14-19-7-4-5-8-22(19)29/h4-5,7-9,11,13,15-16,37H,6,10,12,14H2,1-3H3,(H,31,33,36)(H,32,34,35). The van der Waals surface area contributed by atoms with Gasteiger partial charge in [-0.05, 0) is 80.1 Å². The van der Waals surface area contributed by atoms with Gasteiger partial charge in [-0.2, -0.15) is 0 Å². The summed E-state index contributed by atoms with van der Waals surface area (Å²) in [4.78, 5) is 19.7. The number of ether oxygens (including phenoxy) is 1. The van der Waals surface area contributed by atoms with Crippen LogP contribution in [0.4, 0.5) is 14.6 Å². The van der Waals surface area contributed by atoms with Crippen LogP contribution in [0.1, 0.15) is 54.3 Å². The lowest BCUT2D eigenvalue weighted by Crippen LogP contribution is -2.19. The summed E-state index contributed by atoms with van der Waals surface area (Å²) in [6.45, 7) is 5.44. The molecule has 3 N–H and O–H groups in total. The number of hydrogen-bond acceptors (Lipinski definition) is 6. The second kappa shape index (κ2) is 11.5. The third-order valence-corrected chi connectivity index (χ3v) is 5.90. The van der Waals surface area contributed by atoms with E-state index in [1.165, 1.54) is 18.3 Å². The molecule has 0 aliphatic carbocycles. The van der Waals surface area contributed by atoms with Gasteiger partial charge in [-0.15, -0.1) is 10.2 Å². The Morgan fingerprint density at radius 3 is 2.66 bits per heavy atom. The van der Waals surface area contributed by atoms with E-state index >= 15 is 0 Å². The van der Waals surface area contributed by atoms with Crippen molar-refractivity contribution < 1.29 is 23.4 Å². The van der Waals surface area contributed by atoms with E-state index < -0.39 is 17.3 Å². The number of halogens is 2. The molecule has 4 aromatic rings. The van der Waals surface area contributed by atoms with Crippen LogP contribution in [0.25, 0.3) is 11.1 Å².